The van der Waals surface area contributed by atoms with Gasteiger partial charge in [-0.25, -0.2) is 8.57 Å². The summed E-state index contributed by atoms with van der Waals surface area (Å²) in [5.41, 5.74) is 0. The summed E-state index contributed by atoms with van der Waals surface area (Å²) >= 11 is 0. The summed E-state index contributed by atoms with van der Waals surface area (Å²) in [4.78, 5) is 0.665. The maximum absolute atomic E-state index is 12.0. The van der Waals surface area contributed by atoms with E-state index in [4.69, 9.17) is 11.2 Å². The van der Waals surface area contributed by atoms with Gasteiger partial charge in [0, 0.05) is 11.2 Å². The molecular weight excluding hydrogens is 210 g/mol. The van der Waals surface area contributed by atoms with Crippen LogP contribution >= 0.6 is 0 Å². The summed E-state index contributed by atoms with van der Waals surface area (Å²) < 4.78 is 21.0. The standard InChI is InChI=1S/C11H13NO2S/c1-4-9-12-15(3,13)11-7-5-10(14-2)6-8-11/h1,5-8H,9H2,2-3H3. The van der Waals surface area contributed by atoms with Crippen LogP contribution in [0.15, 0.2) is 33.5 Å². The third-order valence-electron chi connectivity index (χ3n) is 1.90. The smallest absolute Gasteiger partial charge is 0.118 e. The molecule has 0 radical (unpaired) electrons. The molecule has 0 bridgehead atoms. The van der Waals surface area contributed by atoms with Gasteiger partial charge in [-0.2, -0.15) is 0 Å². The minimum absolute atomic E-state index is 0.168. The number of methoxy groups -OCH3 is 1. The van der Waals surface area contributed by atoms with Crippen molar-refractivity contribution in [1.29, 1.82) is 0 Å². The molecule has 0 aromatic heterocycles. The van der Waals surface area contributed by atoms with Gasteiger partial charge < -0.3 is 4.74 Å². The van der Waals surface area contributed by atoms with E-state index in [-0.39, 0.29) is 6.54 Å². The van der Waals surface area contributed by atoms with E-state index in [0.717, 1.165) is 5.75 Å². The zero-order chi connectivity index (χ0) is 11.3. The van der Waals surface area contributed by atoms with Crippen LogP contribution in [0, 0.1) is 12.3 Å². The molecule has 0 aliphatic carbocycles. The van der Waals surface area contributed by atoms with Crippen molar-refractivity contribution >= 4 is 9.73 Å². The lowest BCUT2D eigenvalue weighted by atomic mass is 10.3. The summed E-state index contributed by atoms with van der Waals surface area (Å²) in [6.07, 6.45) is 6.65. The number of nitrogens with zero attached hydrogens (tertiary/aromatic N) is 1. The Bertz CT molecular complexity index is 476. The summed E-state index contributed by atoms with van der Waals surface area (Å²) in [5.74, 6) is 3.07. The molecule has 0 fully saturated rings. The molecule has 4 heteroatoms. The van der Waals surface area contributed by atoms with E-state index in [1.165, 1.54) is 0 Å². The number of benzene rings is 1. The third kappa shape index (κ3) is 3.00. The maximum atomic E-state index is 12.0. The topological polar surface area (TPSA) is 38.7 Å². The van der Waals surface area contributed by atoms with Crippen LogP contribution in [0.3, 0.4) is 0 Å². The van der Waals surface area contributed by atoms with Gasteiger partial charge in [0.2, 0.25) is 0 Å². The maximum Gasteiger partial charge on any atom is 0.118 e. The molecule has 15 heavy (non-hydrogen) atoms. The fourth-order valence-corrected chi connectivity index (χ4v) is 2.17. The van der Waals surface area contributed by atoms with Crippen LogP contribution in [-0.2, 0) is 9.73 Å². The normalized spacial score (nSPS) is 13.7. The molecule has 0 aliphatic heterocycles. The van der Waals surface area contributed by atoms with E-state index < -0.39 is 9.73 Å². The number of terminal acetylenes is 1. The van der Waals surface area contributed by atoms with E-state index in [1.807, 2.05) is 0 Å². The van der Waals surface area contributed by atoms with Gasteiger partial charge in [-0.15, -0.1) is 6.42 Å². The highest BCUT2D eigenvalue weighted by atomic mass is 32.2. The Kier molecular flexibility index (Phi) is 3.75. The summed E-state index contributed by atoms with van der Waals surface area (Å²) in [6.45, 7) is 0.168. The molecule has 0 aliphatic rings. The highest BCUT2D eigenvalue weighted by molar-refractivity contribution is 7.93. The SMILES string of the molecule is C#CCN=S(C)(=O)c1ccc(OC)cc1. The molecule has 0 saturated carbocycles. The molecule has 3 nitrogen and oxygen atoms in total. The third-order valence-corrected chi connectivity index (χ3v) is 3.67. The van der Waals surface area contributed by atoms with Gasteiger partial charge >= 0.3 is 0 Å². The van der Waals surface area contributed by atoms with Gasteiger partial charge in [0.05, 0.1) is 16.8 Å². The lowest BCUT2D eigenvalue weighted by molar-refractivity contribution is 0.414. The van der Waals surface area contributed by atoms with Crippen LogP contribution in [0.5, 0.6) is 5.75 Å². The van der Waals surface area contributed by atoms with Crippen LogP contribution in [-0.4, -0.2) is 24.1 Å². The molecule has 0 amide bonds. The van der Waals surface area contributed by atoms with Crippen LogP contribution in [0.1, 0.15) is 0 Å². The first-order valence-electron chi connectivity index (χ1n) is 4.35. The fourth-order valence-electron chi connectivity index (χ4n) is 1.06. The quantitative estimate of drug-likeness (QED) is 0.733. The molecule has 0 spiro atoms. The second-order valence-corrected chi connectivity index (χ2v) is 5.30. The summed E-state index contributed by atoms with van der Waals surface area (Å²) in [5, 5.41) is 0. The molecule has 1 atom stereocenters. The van der Waals surface area contributed by atoms with E-state index in [1.54, 1.807) is 37.6 Å². The zero-order valence-corrected chi connectivity index (χ0v) is 9.58. The van der Waals surface area contributed by atoms with Gasteiger partial charge in [-0.05, 0) is 24.3 Å². The van der Waals surface area contributed by atoms with Crippen molar-refractivity contribution in [1.82, 2.24) is 0 Å². The predicted molar refractivity (Wildman–Crippen MR) is 61.5 cm³/mol. The average Bonchev–Trinajstić information content (AvgIpc) is 2.26. The first-order valence-corrected chi connectivity index (χ1v) is 6.28. The molecular formula is C11H13NO2S. The Morgan fingerprint density at radius 2 is 2.07 bits per heavy atom. The highest BCUT2D eigenvalue weighted by Gasteiger charge is 2.04. The Morgan fingerprint density at radius 1 is 1.47 bits per heavy atom. The van der Waals surface area contributed by atoms with E-state index in [0.29, 0.717) is 4.90 Å². The highest BCUT2D eigenvalue weighted by Crippen LogP contribution is 2.16. The van der Waals surface area contributed by atoms with Crippen LogP contribution in [0.25, 0.3) is 0 Å². The zero-order valence-electron chi connectivity index (χ0n) is 8.77. The molecule has 80 valence electrons. The van der Waals surface area contributed by atoms with Crippen molar-refractivity contribution in [2.75, 3.05) is 19.9 Å². The molecule has 1 rings (SSSR count). The van der Waals surface area contributed by atoms with Crippen molar-refractivity contribution in [2.24, 2.45) is 4.36 Å². The van der Waals surface area contributed by atoms with Gasteiger partial charge in [-0.3, -0.25) is 0 Å². The summed E-state index contributed by atoms with van der Waals surface area (Å²) in [6, 6.07) is 6.98. The Hall–Kier alpha value is -1.47. The number of ether oxygens (including phenoxy) is 1. The minimum atomic E-state index is -2.37. The first-order chi connectivity index (χ1) is 7.10. The van der Waals surface area contributed by atoms with Crippen LogP contribution < -0.4 is 4.74 Å². The van der Waals surface area contributed by atoms with Gasteiger partial charge in [0.25, 0.3) is 0 Å². The van der Waals surface area contributed by atoms with Crippen LogP contribution in [0.2, 0.25) is 0 Å². The summed E-state index contributed by atoms with van der Waals surface area (Å²) in [7, 11) is -0.786. The number of hydrogen-bond acceptors (Lipinski definition) is 3. The minimum Gasteiger partial charge on any atom is -0.497 e. The number of hydrogen-bond donors (Lipinski definition) is 0. The van der Waals surface area contributed by atoms with Gasteiger partial charge in [-0.1, -0.05) is 5.92 Å². The van der Waals surface area contributed by atoms with Crippen molar-refractivity contribution in [3.05, 3.63) is 24.3 Å². The number of rotatable bonds is 3. The lowest BCUT2D eigenvalue weighted by Crippen LogP contribution is -1.98. The van der Waals surface area contributed by atoms with Crippen molar-refractivity contribution in [3.63, 3.8) is 0 Å². The van der Waals surface area contributed by atoms with E-state index in [9.17, 15) is 4.21 Å². The molecule has 1 unspecified atom stereocenters. The predicted octanol–water partition coefficient (Wildman–Crippen LogP) is 1.79. The molecule has 0 saturated heterocycles. The fraction of sp³-hybridized carbons (Fsp3) is 0.273. The first kappa shape index (κ1) is 11.6. The molecule has 0 N–H and O–H groups in total. The molecule has 1 aromatic rings. The van der Waals surface area contributed by atoms with Gasteiger partial charge in [0.15, 0.2) is 0 Å². The van der Waals surface area contributed by atoms with Gasteiger partial charge in [0.1, 0.15) is 12.3 Å². The Balaban J connectivity index is 3.07. The Labute approximate surface area is 90.6 Å². The van der Waals surface area contributed by atoms with Crippen molar-refractivity contribution in [2.45, 2.75) is 4.90 Å². The van der Waals surface area contributed by atoms with Crippen LogP contribution in [0.4, 0.5) is 0 Å². The second kappa shape index (κ2) is 4.85. The lowest BCUT2D eigenvalue weighted by Gasteiger charge is -2.04. The van der Waals surface area contributed by atoms with E-state index >= 15 is 0 Å². The molecule has 0 heterocycles. The van der Waals surface area contributed by atoms with Crippen molar-refractivity contribution < 1.29 is 8.95 Å². The second-order valence-electron chi connectivity index (χ2n) is 2.97. The van der Waals surface area contributed by atoms with E-state index in [2.05, 4.69) is 10.3 Å². The molecule has 1 aromatic carbocycles. The average molecular weight is 223 g/mol. The largest absolute Gasteiger partial charge is 0.497 e. The monoisotopic (exact) mass is 223 g/mol. The van der Waals surface area contributed by atoms with Crippen molar-refractivity contribution in [3.8, 4) is 18.1 Å². The Morgan fingerprint density at radius 3 is 2.53 bits per heavy atom.